The molecule has 0 radical (unpaired) electrons. The summed E-state index contributed by atoms with van der Waals surface area (Å²) < 4.78 is 0. The van der Waals surface area contributed by atoms with Crippen LogP contribution < -0.4 is 4.90 Å². The molecule has 18 heavy (non-hydrogen) atoms. The minimum Gasteiger partial charge on any atom is -0.355 e. The predicted octanol–water partition coefficient (Wildman–Crippen LogP) is 1.65. The lowest BCUT2D eigenvalue weighted by Gasteiger charge is -2.32. The van der Waals surface area contributed by atoms with Crippen LogP contribution in [-0.4, -0.2) is 33.0 Å². The Hall–Kier alpha value is -2.04. The monoisotopic (exact) mass is 241 g/mol. The van der Waals surface area contributed by atoms with E-state index in [0.717, 1.165) is 37.4 Å². The molecular formula is C13H15N5. The standard InChI is InChI=1S/C13H15N5/c1-4-15-10-17-12(1)11-2-7-18(8-3-11)13-9-14-5-6-16-13/h1,4-6,9-11H,2-3,7-8H2. The fourth-order valence-corrected chi connectivity index (χ4v) is 2.40. The lowest BCUT2D eigenvalue weighted by atomic mass is 9.93. The Morgan fingerprint density at radius 1 is 1.00 bits per heavy atom. The van der Waals surface area contributed by atoms with Crippen LogP contribution in [0.2, 0.25) is 0 Å². The summed E-state index contributed by atoms with van der Waals surface area (Å²) in [7, 11) is 0. The van der Waals surface area contributed by atoms with Crippen LogP contribution in [0.4, 0.5) is 5.82 Å². The van der Waals surface area contributed by atoms with Gasteiger partial charge in [0.25, 0.3) is 0 Å². The van der Waals surface area contributed by atoms with Crippen LogP contribution in [0.25, 0.3) is 0 Å². The van der Waals surface area contributed by atoms with Crippen molar-refractivity contribution in [2.24, 2.45) is 0 Å². The molecule has 1 aliphatic heterocycles. The van der Waals surface area contributed by atoms with Gasteiger partial charge in [-0.15, -0.1) is 0 Å². The Labute approximate surface area is 106 Å². The molecule has 0 aliphatic carbocycles. The van der Waals surface area contributed by atoms with E-state index in [1.807, 2.05) is 18.5 Å². The van der Waals surface area contributed by atoms with E-state index in [1.54, 1.807) is 18.7 Å². The quantitative estimate of drug-likeness (QED) is 0.800. The zero-order chi connectivity index (χ0) is 12.2. The molecule has 0 spiro atoms. The van der Waals surface area contributed by atoms with Crippen molar-refractivity contribution in [2.45, 2.75) is 18.8 Å². The number of aromatic nitrogens is 4. The van der Waals surface area contributed by atoms with E-state index in [4.69, 9.17) is 0 Å². The zero-order valence-corrected chi connectivity index (χ0v) is 10.1. The summed E-state index contributed by atoms with van der Waals surface area (Å²) in [5.41, 5.74) is 1.16. The summed E-state index contributed by atoms with van der Waals surface area (Å²) in [4.78, 5) is 19.0. The summed E-state index contributed by atoms with van der Waals surface area (Å²) in [6, 6.07) is 2.02. The SMILES string of the molecule is c1cc(C2CCN(c3cnccn3)CC2)ncn1. The molecule has 2 aromatic heterocycles. The molecule has 0 bridgehead atoms. The molecule has 1 saturated heterocycles. The second kappa shape index (κ2) is 5.08. The van der Waals surface area contributed by atoms with Crippen LogP contribution in [0.1, 0.15) is 24.5 Å². The molecule has 3 rings (SSSR count). The van der Waals surface area contributed by atoms with Gasteiger partial charge in [-0.05, 0) is 18.9 Å². The lowest BCUT2D eigenvalue weighted by Crippen LogP contribution is -2.33. The van der Waals surface area contributed by atoms with Crippen molar-refractivity contribution in [2.75, 3.05) is 18.0 Å². The number of hydrogen-bond donors (Lipinski definition) is 0. The van der Waals surface area contributed by atoms with E-state index >= 15 is 0 Å². The normalized spacial score (nSPS) is 16.8. The summed E-state index contributed by atoms with van der Waals surface area (Å²) >= 11 is 0. The van der Waals surface area contributed by atoms with Gasteiger partial charge in [-0.25, -0.2) is 15.0 Å². The lowest BCUT2D eigenvalue weighted by molar-refractivity contribution is 0.492. The van der Waals surface area contributed by atoms with Crippen LogP contribution in [0.15, 0.2) is 37.2 Å². The van der Waals surface area contributed by atoms with Gasteiger partial charge in [0.05, 0.1) is 6.20 Å². The number of piperidine rings is 1. The Morgan fingerprint density at radius 3 is 2.56 bits per heavy atom. The highest BCUT2D eigenvalue weighted by molar-refractivity contribution is 5.36. The smallest absolute Gasteiger partial charge is 0.147 e. The van der Waals surface area contributed by atoms with Crippen molar-refractivity contribution < 1.29 is 0 Å². The molecule has 2 aromatic rings. The molecule has 0 saturated carbocycles. The Kier molecular flexibility index (Phi) is 3.12. The highest BCUT2D eigenvalue weighted by Crippen LogP contribution is 2.27. The molecular weight excluding hydrogens is 226 g/mol. The van der Waals surface area contributed by atoms with Crippen LogP contribution >= 0.6 is 0 Å². The van der Waals surface area contributed by atoms with Crippen LogP contribution in [0, 0.1) is 0 Å². The van der Waals surface area contributed by atoms with E-state index in [1.165, 1.54) is 0 Å². The first-order chi connectivity index (χ1) is 8.93. The van der Waals surface area contributed by atoms with Crippen molar-refractivity contribution >= 4 is 5.82 Å². The summed E-state index contributed by atoms with van der Waals surface area (Å²) in [6.45, 7) is 2.01. The average molecular weight is 241 g/mol. The van der Waals surface area contributed by atoms with Gasteiger partial charge in [-0.2, -0.15) is 0 Å². The first-order valence-electron chi connectivity index (χ1n) is 6.20. The summed E-state index contributed by atoms with van der Waals surface area (Å²) in [5, 5.41) is 0. The number of hydrogen-bond acceptors (Lipinski definition) is 5. The second-order valence-corrected chi connectivity index (χ2v) is 4.46. The van der Waals surface area contributed by atoms with E-state index in [2.05, 4.69) is 24.8 Å². The largest absolute Gasteiger partial charge is 0.355 e. The van der Waals surface area contributed by atoms with E-state index in [9.17, 15) is 0 Å². The van der Waals surface area contributed by atoms with E-state index in [0.29, 0.717) is 5.92 Å². The summed E-state index contributed by atoms with van der Waals surface area (Å²) in [6.07, 6.45) is 10.9. The third kappa shape index (κ3) is 2.30. The topological polar surface area (TPSA) is 54.8 Å². The van der Waals surface area contributed by atoms with E-state index in [-0.39, 0.29) is 0 Å². The fourth-order valence-electron chi connectivity index (χ4n) is 2.40. The molecule has 0 atom stereocenters. The first kappa shape index (κ1) is 11.1. The maximum absolute atomic E-state index is 4.34. The molecule has 5 heteroatoms. The Bertz CT molecular complexity index is 432. The molecule has 1 aliphatic rings. The number of rotatable bonds is 2. The minimum atomic E-state index is 0.543. The average Bonchev–Trinajstić information content (AvgIpc) is 2.49. The van der Waals surface area contributed by atoms with E-state index < -0.39 is 0 Å². The maximum Gasteiger partial charge on any atom is 0.147 e. The molecule has 0 N–H and O–H groups in total. The van der Waals surface area contributed by atoms with Gasteiger partial charge in [0.2, 0.25) is 0 Å². The van der Waals surface area contributed by atoms with Crippen molar-refractivity contribution in [1.29, 1.82) is 0 Å². The van der Waals surface area contributed by atoms with Crippen LogP contribution in [0.3, 0.4) is 0 Å². The van der Waals surface area contributed by atoms with Crippen LogP contribution in [0.5, 0.6) is 0 Å². The molecule has 92 valence electrons. The molecule has 5 nitrogen and oxygen atoms in total. The highest BCUT2D eigenvalue weighted by Gasteiger charge is 2.22. The van der Waals surface area contributed by atoms with Gasteiger partial charge < -0.3 is 4.90 Å². The van der Waals surface area contributed by atoms with Gasteiger partial charge in [0.15, 0.2) is 0 Å². The third-order valence-electron chi connectivity index (χ3n) is 3.39. The van der Waals surface area contributed by atoms with Crippen molar-refractivity contribution in [3.63, 3.8) is 0 Å². The van der Waals surface area contributed by atoms with Gasteiger partial charge in [-0.3, -0.25) is 4.98 Å². The molecule has 3 heterocycles. The van der Waals surface area contributed by atoms with Gasteiger partial charge >= 0.3 is 0 Å². The van der Waals surface area contributed by atoms with Crippen LogP contribution in [-0.2, 0) is 0 Å². The zero-order valence-electron chi connectivity index (χ0n) is 10.1. The molecule has 0 aromatic carbocycles. The van der Waals surface area contributed by atoms with Crippen molar-refractivity contribution in [1.82, 2.24) is 19.9 Å². The Morgan fingerprint density at radius 2 is 1.89 bits per heavy atom. The second-order valence-electron chi connectivity index (χ2n) is 4.46. The number of nitrogens with zero attached hydrogens (tertiary/aromatic N) is 5. The Balaban J connectivity index is 1.65. The third-order valence-corrected chi connectivity index (χ3v) is 3.39. The minimum absolute atomic E-state index is 0.543. The fraction of sp³-hybridized carbons (Fsp3) is 0.385. The summed E-state index contributed by atoms with van der Waals surface area (Å²) in [5.74, 6) is 1.51. The molecule has 1 fully saturated rings. The molecule has 0 unspecified atom stereocenters. The predicted molar refractivity (Wildman–Crippen MR) is 68.3 cm³/mol. The number of anilines is 1. The van der Waals surface area contributed by atoms with Crippen molar-refractivity contribution in [3.8, 4) is 0 Å². The first-order valence-corrected chi connectivity index (χ1v) is 6.20. The van der Waals surface area contributed by atoms with Crippen molar-refractivity contribution in [3.05, 3.63) is 42.9 Å². The molecule has 0 amide bonds. The maximum atomic E-state index is 4.34. The van der Waals surface area contributed by atoms with Gasteiger partial charge in [0.1, 0.15) is 12.1 Å². The van der Waals surface area contributed by atoms with Gasteiger partial charge in [0, 0.05) is 43.3 Å². The highest BCUT2D eigenvalue weighted by atomic mass is 15.2. The van der Waals surface area contributed by atoms with Gasteiger partial charge in [-0.1, -0.05) is 0 Å².